The largest absolute Gasteiger partial charge is 0.550 e. The van der Waals surface area contributed by atoms with E-state index in [0.717, 1.165) is 25.3 Å². The zero-order valence-electron chi connectivity index (χ0n) is 49.2. The number of carboxylic acid groups (broad SMARTS) is 4. The van der Waals surface area contributed by atoms with Gasteiger partial charge in [-0.1, -0.05) is 84.1 Å². The number of ketones is 4. The van der Waals surface area contributed by atoms with Gasteiger partial charge in [0.1, 0.15) is 26.2 Å². The van der Waals surface area contributed by atoms with Gasteiger partial charge in [-0.15, -0.1) is 0 Å². The minimum atomic E-state index is -2.00. The maximum atomic E-state index is 12.5. The number of hydrogen-bond donors (Lipinski definition) is 7. The van der Waals surface area contributed by atoms with Crippen molar-refractivity contribution >= 4 is 47.0 Å². The van der Waals surface area contributed by atoms with E-state index in [9.17, 15) is 84.3 Å². The van der Waals surface area contributed by atoms with Crippen LogP contribution in [0.1, 0.15) is 136 Å². The Hall–Kier alpha value is -4.14. The first-order valence-corrected chi connectivity index (χ1v) is 26.3. The highest BCUT2D eigenvalue weighted by atomic mass is 16.4. The molecule has 0 bridgehead atoms. The van der Waals surface area contributed by atoms with Gasteiger partial charge < -0.3 is 93.3 Å². The molecule has 0 heterocycles. The number of carbonyl (C=O) groups is 8. The third-order valence-corrected chi connectivity index (χ3v) is 11.3. The minimum Gasteiger partial charge on any atom is -0.550 e. The standard InChI is InChI=1S/C23H45NO5.C11H21NO5.C10H19NO5.C10H17NO4/c1-5-6-7-8-9-10-11-12-13-14-15-16-20(25)17-21(26)23(29,18-22(27)28)19-24(2,3)4;1-8(13)5-9(14)11(17,6-10(15)16)7-12(2,3)4;1-11(2,3)7-10(16,6-9(14)15)8(13)4-5-12;1-5-8(12)10(15,6-9(13)14)7-11(2,3)4/h20,25,29H,5-19H2,1-4H3;8,13,17H,5-7H2,1-4H3;12,16H,4-7H2,1-3H3;5,15H,1,6-7H2,2-4H3. The lowest BCUT2D eigenvalue weighted by atomic mass is 9.88. The van der Waals surface area contributed by atoms with Gasteiger partial charge in [0.15, 0.2) is 45.5 Å². The van der Waals surface area contributed by atoms with E-state index in [-0.39, 0.29) is 63.4 Å². The van der Waals surface area contributed by atoms with Crippen LogP contribution >= 0.6 is 0 Å². The molecule has 0 aromatic carbocycles. The Labute approximate surface area is 458 Å². The SMILES string of the molecule is C=CC(=O)C(O)(CC(=O)[O-])C[N+](C)(C)C.CC(O)CC(=O)C(O)(CC(=O)[O-])C[N+](C)(C)C.CCCCCCCCCCCCCC(O)CC(=O)C(O)(CC(=O)[O-])C[N+](C)(C)C.C[N+](C)(C)CC(O)(CC(=O)[O-])C(=O)CCO. The summed E-state index contributed by atoms with van der Waals surface area (Å²) in [6, 6.07) is 0. The van der Waals surface area contributed by atoms with Gasteiger partial charge in [0.2, 0.25) is 0 Å². The predicted molar refractivity (Wildman–Crippen MR) is 280 cm³/mol. The molecule has 0 saturated heterocycles. The maximum Gasteiger partial charge on any atom is 0.192 e. The number of nitrogens with zero attached hydrogens (tertiary/aromatic N) is 4. The van der Waals surface area contributed by atoms with Crippen molar-refractivity contribution < 1.29 is 112 Å². The molecule has 0 spiro atoms. The number of rotatable bonds is 39. The fourth-order valence-electron chi connectivity index (χ4n) is 8.58. The summed E-state index contributed by atoms with van der Waals surface area (Å²) in [4.78, 5) is 89.8. The number of aliphatic carboxylic acids is 4. The van der Waals surface area contributed by atoms with Crippen LogP contribution in [0.3, 0.4) is 0 Å². The lowest BCUT2D eigenvalue weighted by molar-refractivity contribution is -0.875. The molecular formula is C54H102N4O19. The van der Waals surface area contributed by atoms with Crippen LogP contribution < -0.4 is 20.4 Å². The van der Waals surface area contributed by atoms with Crippen molar-refractivity contribution in [3.63, 3.8) is 0 Å². The second kappa shape index (κ2) is 36.9. The Morgan fingerprint density at radius 2 is 0.740 bits per heavy atom. The second-order valence-electron chi connectivity index (χ2n) is 24.7. The summed E-state index contributed by atoms with van der Waals surface area (Å²) >= 11 is 0. The second-order valence-corrected chi connectivity index (χ2v) is 24.7. The molecule has 0 amide bonds. The summed E-state index contributed by atoms with van der Waals surface area (Å²) in [5, 5.41) is 111. The molecule has 23 heteroatoms. The summed E-state index contributed by atoms with van der Waals surface area (Å²) in [6.45, 7) is 6.32. The molecule has 77 heavy (non-hydrogen) atoms. The van der Waals surface area contributed by atoms with Gasteiger partial charge in [0.25, 0.3) is 0 Å². The first-order chi connectivity index (χ1) is 34.7. The molecule has 0 fully saturated rings. The van der Waals surface area contributed by atoms with Gasteiger partial charge >= 0.3 is 0 Å². The van der Waals surface area contributed by atoms with Crippen molar-refractivity contribution in [1.29, 1.82) is 0 Å². The van der Waals surface area contributed by atoms with Crippen molar-refractivity contribution in [2.24, 2.45) is 0 Å². The smallest absolute Gasteiger partial charge is 0.192 e. The Morgan fingerprint density at radius 1 is 0.468 bits per heavy atom. The van der Waals surface area contributed by atoms with Crippen LogP contribution in [-0.2, 0) is 38.4 Å². The molecule has 0 aliphatic heterocycles. The zero-order valence-corrected chi connectivity index (χ0v) is 49.2. The lowest BCUT2D eigenvalue weighted by Crippen LogP contribution is -2.56. The van der Waals surface area contributed by atoms with Gasteiger partial charge in [0.05, 0.1) is 103 Å². The molecule has 0 saturated carbocycles. The number of quaternary nitrogens is 4. The van der Waals surface area contributed by atoms with Crippen LogP contribution in [0.2, 0.25) is 0 Å². The van der Waals surface area contributed by atoms with E-state index >= 15 is 0 Å². The fourth-order valence-corrected chi connectivity index (χ4v) is 8.58. The fraction of sp³-hybridized carbons (Fsp3) is 0.815. The van der Waals surface area contributed by atoms with Crippen LogP contribution in [0, 0.1) is 0 Å². The molecule has 0 rings (SSSR count). The van der Waals surface area contributed by atoms with Crippen LogP contribution in [0.25, 0.3) is 0 Å². The van der Waals surface area contributed by atoms with Gasteiger partial charge in [0, 0.05) is 68.8 Å². The Balaban J connectivity index is -0.000000482. The molecule has 0 aliphatic rings. The number of hydrogen-bond acceptors (Lipinski definition) is 19. The van der Waals surface area contributed by atoms with E-state index in [2.05, 4.69) is 13.5 Å². The molecular weight excluding hydrogens is 1010 g/mol. The average Bonchev–Trinajstić information content (AvgIpc) is 3.19. The van der Waals surface area contributed by atoms with Gasteiger partial charge in [-0.05, 0) is 19.4 Å². The molecule has 7 N–H and O–H groups in total. The Morgan fingerprint density at radius 3 is 1.01 bits per heavy atom. The average molecular weight is 1110 g/mol. The summed E-state index contributed by atoms with van der Waals surface area (Å²) in [5.41, 5.74) is -7.90. The molecule has 23 nitrogen and oxygen atoms in total. The minimum absolute atomic E-state index is 0.00810. The number of carbonyl (C=O) groups excluding carboxylic acids is 8. The van der Waals surface area contributed by atoms with Crippen molar-refractivity contribution in [2.45, 2.75) is 170 Å². The van der Waals surface area contributed by atoms with Crippen LogP contribution in [0.5, 0.6) is 0 Å². The molecule has 6 unspecified atom stereocenters. The van der Waals surface area contributed by atoms with Crippen molar-refractivity contribution in [3.05, 3.63) is 12.7 Å². The van der Waals surface area contributed by atoms with E-state index in [4.69, 9.17) is 10.2 Å². The Bertz CT molecular complexity index is 1820. The van der Waals surface area contributed by atoms with Crippen molar-refractivity contribution in [3.8, 4) is 0 Å². The monoisotopic (exact) mass is 1110 g/mol. The number of aliphatic hydroxyl groups is 7. The van der Waals surface area contributed by atoms with E-state index in [1.54, 1.807) is 84.6 Å². The number of aliphatic hydroxyl groups excluding tert-OH is 3. The highest BCUT2D eigenvalue weighted by Crippen LogP contribution is 2.22. The highest BCUT2D eigenvalue weighted by Gasteiger charge is 2.44. The molecule has 0 radical (unpaired) electrons. The van der Waals surface area contributed by atoms with Crippen LogP contribution in [0.4, 0.5) is 0 Å². The third kappa shape index (κ3) is 43.4. The van der Waals surface area contributed by atoms with Crippen molar-refractivity contribution in [1.82, 2.24) is 0 Å². The summed E-state index contributed by atoms with van der Waals surface area (Å²) in [5.74, 6) is -8.56. The summed E-state index contributed by atoms with van der Waals surface area (Å²) < 4.78 is 0.976. The number of likely N-dealkylation sites (N-methyl/N-ethyl adjacent to an activating group) is 4. The highest BCUT2D eigenvalue weighted by molar-refractivity contribution is 5.98. The quantitative estimate of drug-likeness (QED) is 0.0177. The summed E-state index contributed by atoms with van der Waals surface area (Å²) in [7, 11) is 20.9. The van der Waals surface area contributed by atoms with Gasteiger partial charge in [-0.3, -0.25) is 19.2 Å². The van der Waals surface area contributed by atoms with E-state index in [1.807, 2.05) is 0 Å². The molecule has 0 aromatic heterocycles. The van der Waals surface area contributed by atoms with Crippen LogP contribution in [0.15, 0.2) is 12.7 Å². The third-order valence-electron chi connectivity index (χ3n) is 11.3. The Kier molecular flexibility index (Phi) is 38.0. The lowest BCUT2D eigenvalue weighted by Gasteiger charge is -2.35. The number of Topliss-reactive ketones (excluding diaryl/α,β-unsaturated/α-hetero) is 3. The predicted octanol–water partition coefficient (Wildman–Crippen LogP) is -3.68. The molecule has 0 aromatic rings. The first kappa shape index (κ1) is 79.3. The van der Waals surface area contributed by atoms with E-state index < -0.39 is 114 Å². The normalized spacial score (nSPS) is 15.8. The molecule has 6 atom stereocenters. The maximum absolute atomic E-state index is 12.5. The van der Waals surface area contributed by atoms with Gasteiger partial charge in [-0.2, -0.15) is 0 Å². The number of carboxylic acids is 4. The van der Waals surface area contributed by atoms with Gasteiger partial charge in [-0.25, -0.2) is 0 Å². The van der Waals surface area contributed by atoms with Crippen molar-refractivity contribution in [2.75, 3.05) is 117 Å². The topological polar surface area (TPSA) is 370 Å². The van der Waals surface area contributed by atoms with E-state index in [0.29, 0.717) is 6.42 Å². The van der Waals surface area contributed by atoms with Crippen LogP contribution in [-0.4, -0.2) is 253 Å². The summed E-state index contributed by atoms with van der Waals surface area (Å²) in [6.07, 6.45) is 9.32. The first-order valence-electron chi connectivity index (χ1n) is 26.3. The number of unbranched alkanes of at least 4 members (excludes halogenated alkanes) is 10. The zero-order chi connectivity index (χ0) is 61.5. The van der Waals surface area contributed by atoms with E-state index in [1.165, 1.54) is 58.3 Å². The molecule has 0 aliphatic carbocycles. The molecule has 452 valence electrons.